The van der Waals surface area contributed by atoms with E-state index in [4.69, 9.17) is 62.7 Å². The Labute approximate surface area is 304 Å². The first-order chi connectivity index (χ1) is 22.3. The van der Waals surface area contributed by atoms with Crippen LogP contribution >= 0.6 is 36.8 Å². The van der Waals surface area contributed by atoms with Gasteiger partial charge in [-0.25, -0.2) is 4.79 Å². The monoisotopic (exact) mass is 744 g/mol. The topological polar surface area (TPSA) is 124 Å². The van der Waals surface area contributed by atoms with Crippen LogP contribution in [-0.2, 0) is 33.2 Å². The molecule has 0 bridgehead atoms. The minimum atomic E-state index is -0.557. The van der Waals surface area contributed by atoms with Crippen molar-refractivity contribution in [1.29, 1.82) is 0 Å². The van der Waals surface area contributed by atoms with Gasteiger partial charge >= 0.3 is 6.09 Å². The molecule has 3 rings (SSSR count). The normalized spacial score (nSPS) is 23.9. The summed E-state index contributed by atoms with van der Waals surface area (Å²) in [6, 6.07) is 0.0306. The van der Waals surface area contributed by atoms with Crippen molar-refractivity contribution in [3.05, 3.63) is 0 Å². The summed E-state index contributed by atoms with van der Waals surface area (Å²) in [6.07, 6.45) is 4.44. The van der Waals surface area contributed by atoms with Crippen LogP contribution < -0.4 is 5.32 Å². The Bertz CT molecular complexity index is 927. The van der Waals surface area contributed by atoms with Gasteiger partial charge in [0.1, 0.15) is 10.6 Å². The van der Waals surface area contributed by atoms with Gasteiger partial charge in [0.15, 0.2) is 6.29 Å². The summed E-state index contributed by atoms with van der Waals surface area (Å²) in [5.41, 5.74) is -0.557. The number of likely N-dealkylation sites (tertiary alicyclic amines) is 1. The van der Waals surface area contributed by atoms with Gasteiger partial charge in [-0.1, -0.05) is 24.4 Å². The fraction of sp³-hybridized carbons (Fsp3) is 0.906. The Kier molecular flexibility index (Phi) is 22.8. The molecule has 1 unspecified atom stereocenters. The lowest BCUT2D eigenvalue weighted by molar-refractivity contribution is -0.169. The molecule has 5 atom stereocenters. The summed E-state index contributed by atoms with van der Waals surface area (Å²) in [7, 11) is 7.69. The summed E-state index contributed by atoms with van der Waals surface area (Å²) in [5, 5.41) is 11.9. The summed E-state index contributed by atoms with van der Waals surface area (Å²) in [6.45, 7) is 11.1. The number of hydrogen-bond acceptors (Lipinski definition) is 12. The minimum absolute atomic E-state index is 0. The number of carbonyl (C=O) groups excluding carboxylic acids is 1. The summed E-state index contributed by atoms with van der Waals surface area (Å²) in [5.74, 6) is 0. The van der Waals surface area contributed by atoms with Gasteiger partial charge in [-0.2, -0.15) is 0 Å². The van der Waals surface area contributed by atoms with Gasteiger partial charge in [-0.05, 0) is 46.5 Å². The van der Waals surface area contributed by atoms with E-state index in [9.17, 15) is 4.79 Å². The van der Waals surface area contributed by atoms with E-state index < -0.39 is 5.60 Å². The second-order valence-electron chi connectivity index (χ2n) is 13.1. The van der Waals surface area contributed by atoms with Gasteiger partial charge in [0.2, 0.25) is 0 Å². The van der Waals surface area contributed by atoms with E-state index in [1.807, 2.05) is 58.8 Å². The number of nitrogens with zero attached hydrogens (tertiary/aromatic N) is 3. The maximum Gasteiger partial charge on any atom is 0.410 e. The van der Waals surface area contributed by atoms with Crippen molar-refractivity contribution in [2.75, 3.05) is 101 Å². The predicted molar refractivity (Wildman–Crippen MR) is 195 cm³/mol. The third-order valence-electron chi connectivity index (χ3n) is 7.51. The molecular formula is C32H61ClN4O9S2. The smallest absolute Gasteiger partial charge is 0.410 e. The molecule has 1 amide bonds. The quantitative estimate of drug-likeness (QED) is 0.178. The van der Waals surface area contributed by atoms with Crippen LogP contribution in [0.4, 0.5) is 4.79 Å². The molecule has 0 aromatic rings. The van der Waals surface area contributed by atoms with Crippen LogP contribution in [0.3, 0.4) is 0 Å². The van der Waals surface area contributed by atoms with E-state index >= 15 is 0 Å². The highest BCUT2D eigenvalue weighted by atomic mass is 35.5. The van der Waals surface area contributed by atoms with E-state index in [1.165, 1.54) is 0 Å². The molecule has 3 heterocycles. The summed E-state index contributed by atoms with van der Waals surface area (Å²) >= 11 is 10.9. The first-order valence-corrected chi connectivity index (χ1v) is 17.5. The summed E-state index contributed by atoms with van der Waals surface area (Å²) < 4.78 is 39.0. The van der Waals surface area contributed by atoms with Crippen molar-refractivity contribution in [1.82, 2.24) is 20.0 Å². The van der Waals surface area contributed by atoms with Crippen molar-refractivity contribution in [2.24, 2.45) is 0 Å². The van der Waals surface area contributed by atoms with Gasteiger partial charge < -0.3 is 53.4 Å². The number of rotatable bonds is 16. The Morgan fingerprint density at radius 1 is 0.875 bits per heavy atom. The second-order valence-corrected chi connectivity index (χ2v) is 14.0. The van der Waals surface area contributed by atoms with E-state index in [2.05, 4.69) is 5.32 Å². The number of nitrogens with one attached hydrogen (secondary N) is 1. The van der Waals surface area contributed by atoms with Crippen LogP contribution in [0.15, 0.2) is 0 Å². The molecular weight excluding hydrogens is 684 g/mol. The maximum atomic E-state index is 12.6. The van der Waals surface area contributed by atoms with Gasteiger partial charge in [-0.15, -0.1) is 12.4 Å². The number of hydrogen-bond donors (Lipinski definition) is 2. The molecule has 0 spiro atoms. The molecule has 16 heteroatoms. The van der Waals surface area contributed by atoms with Crippen LogP contribution in [0.5, 0.6) is 0 Å². The number of halogens is 1. The van der Waals surface area contributed by atoms with Crippen molar-refractivity contribution in [3.63, 3.8) is 0 Å². The number of aliphatic hydroxyl groups excluding tert-OH is 1. The third-order valence-corrected chi connectivity index (χ3v) is 8.80. The molecule has 3 saturated heterocycles. The fourth-order valence-electron chi connectivity index (χ4n) is 5.20. The predicted octanol–water partition coefficient (Wildman–Crippen LogP) is 2.88. The fourth-order valence-corrected chi connectivity index (χ4v) is 5.60. The van der Waals surface area contributed by atoms with E-state index in [-0.39, 0.29) is 55.7 Å². The molecule has 13 nitrogen and oxygen atoms in total. The van der Waals surface area contributed by atoms with E-state index in [0.717, 1.165) is 43.8 Å². The van der Waals surface area contributed by atoms with E-state index in [1.54, 1.807) is 4.90 Å². The number of carbonyl (C=O) groups is 1. The van der Waals surface area contributed by atoms with Crippen molar-refractivity contribution in [3.8, 4) is 0 Å². The highest BCUT2D eigenvalue weighted by Gasteiger charge is 2.40. The Hall–Kier alpha value is -0.980. The average molecular weight is 745 g/mol. The Balaban J connectivity index is 0.000000545. The third kappa shape index (κ3) is 17.8. The van der Waals surface area contributed by atoms with Gasteiger partial charge in [-0.3, -0.25) is 4.90 Å². The van der Waals surface area contributed by atoms with Crippen LogP contribution in [-0.4, -0.2) is 173 Å². The molecule has 0 aliphatic carbocycles. The standard InChI is InChI=1S/C21H38N2O6S.C11H22N2O3S.ClH/c1-21(2,3)29-20(24)23-15-16(14-17(23)19(30)22(4)5)26-12-10-25-11-13-28-18-8-6-7-9-27-18;1-13(2)11(17)10-7-9(8-12-10)16-6-5-15-4-3-14;/h16-18H,6-15H2,1-5H3;9-10,12,14H,3-8H2,1-2H3;1H/t16-,17+,18?;9-,10+;/m11./s1. The van der Waals surface area contributed by atoms with Crippen LogP contribution in [0, 0.1) is 0 Å². The van der Waals surface area contributed by atoms with Crippen LogP contribution in [0.25, 0.3) is 0 Å². The lowest BCUT2D eigenvalue weighted by atomic mass is 10.2. The number of thiocarbonyl (C=S) groups is 2. The largest absolute Gasteiger partial charge is 0.444 e. The molecule has 0 aromatic carbocycles. The first-order valence-electron chi connectivity index (χ1n) is 16.7. The van der Waals surface area contributed by atoms with Gasteiger partial charge in [0.05, 0.1) is 88.7 Å². The highest BCUT2D eigenvalue weighted by molar-refractivity contribution is 7.80. The molecule has 3 aliphatic heterocycles. The highest BCUT2D eigenvalue weighted by Crippen LogP contribution is 2.25. The Morgan fingerprint density at radius 2 is 1.48 bits per heavy atom. The number of likely N-dealkylation sites (N-methyl/N-ethyl adjacent to an activating group) is 2. The zero-order valence-electron chi connectivity index (χ0n) is 30.0. The molecule has 0 radical (unpaired) electrons. The molecule has 3 fully saturated rings. The first kappa shape index (κ1) is 45.0. The zero-order valence-corrected chi connectivity index (χ0v) is 32.4. The lowest BCUT2D eigenvalue weighted by Gasteiger charge is -2.30. The van der Waals surface area contributed by atoms with Crippen LogP contribution in [0.1, 0.15) is 52.9 Å². The molecule has 282 valence electrons. The van der Waals surface area contributed by atoms with Crippen LogP contribution in [0.2, 0.25) is 0 Å². The molecule has 48 heavy (non-hydrogen) atoms. The SMILES string of the molecule is CN(C)C(=S)[C@@H]1C[C@@H](OCCOCCO)CN1.CN(C)C(=S)[C@@H]1C[C@@H](OCCOCCOC2CCCCO2)CN1C(=O)OC(C)(C)C.Cl. The molecule has 3 aliphatic rings. The minimum Gasteiger partial charge on any atom is -0.444 e. The van der Waals surface area contributed by atoms with E-state index in [0.29, 0.717) is 64.2 Å². The van der Waals surface area contributed by atoms with Gasteiger partial charge in [0, 0.05) is 47.8 Å². The number of ether oxygens (including phenoxy) is 7. The maximum absolute atomic E-state index is 12.6. The van der Waals surface area contributed by atoms with Crippen molar-refractivity contribution < 1.29 is 43.1 Å². The summed E-state index contributed by atoms with van der Waals surface area (Å²) in [4.78, 5) is 19.8. The lowest BCUT2D eigenvalue weighted by Crippen LogP contribution is -2.46. The van der Waals surface area contributed by atoms with Gasteiger partial charge in [0.25, 0.3) is 0 Å². The average Bonchev–Trinajstić information content (AvgIpc) is 3.67. The number of amides is 1. The van der Waals surface area contributed by atoms with Crippen molar-refractivity contribution >= 4 is 52.9 Å². The second kappa shape index (κ2) is 24.2. The van der Waals surface area contributed by atoms with Crippen molar-refractivity contribution in [2.45, 2.75) is 89.1 Å². The Morgan fingerprint density at radius 3 is 2.04 bits per heavy atom. The molecule has 2 N–H and O–H groups in total. The zero-order chi connectivity index (χ0) is 34.8. The molecule has 0 aromatic heterocycles. The number of aliphatic hydroxyl groups is 1. The molecule has 0 saturated carbocycles.